The van der Waals surface area contributed by atoms with Crippen molar-refractivity contribution in [1.82, 2.24) is 24.2 Å². The van der Waals surface area contributed by atoms with Gasteiger partial charge in [0.1, 0.15) is 23.8 Å². The smallest absolute Gasteiger partial charge is 0.240 e. The molecule has 3 rings (SSSR count). The standard InChI is InChI=1S/C19H24N6O2S/c1-13-5-7-17(8-6-13)28(26,27)22-10-9-20-18-11-19(24-16(4)23-18)25-12-21-14(2)15(25)3/h5-8,11-12,22H,9-10H2,1-4H3,(H,20,23,24). The van der Waals surface area contributed by atoms with Crippen LogP contribution in [0.5, 0.6) is 0 Å². The Labute approximate surface area is 165 Å². The van der Waals surface area contributed by atoms with Crippen LogP contribution in [0.3, 0.4) is 0 Å². The summed E-state index contributed by atoms with van der Waals surface area (Å²) in [5.41, 5.74) is 2.96. The maximum Gasteiger partial charge on any atom is 0.240 e. The fraction of sp³-hybridized carbons (Fsp3) is 0.316. The second-order valence-electron chi connectivity index (χ2n) is 6.58. The lowest BCUT2D eigenvalue weighted by molar-refractivity contribution is 0.583. The number of nitrogens with one attached hydrogen (secondary N) is 2. The van der Waals surface area contributed by atoms with Crippen molar-refractivity contribution in [3.05, 3.63) is 59.4 Å². The molecule has 0 amide bonds. The van der Waals surface area contributed by atoms with E-state index in [4.69, 9.17) is 0 Å². The monoisotopic (exact) mass is 400 g/mol. The Kier molecular flexibility index (Phi) is 5.76. The molecule has 148 valence electrons. The van der Waals surface area contributed by atoms with Gasteiger partial charge in [0.05, 0.1) is 10.6 Å². The van der Waals surface area contributed by atoms with Crippen molar-refractivity contribution < 1.29 is 8.42 Å². The van der Waals surface area contributed by atoms with E-state index in [-0.39, 0.29) is 11.4 Å². The lowest BCUT2D eigenvalue weighted by atomic mass is 10.2. The molecule has 8 nitrogen and oxygen atoms in total. The van der Waals surface area contributed by atoms with E-state index in [0.717, 1.165) is 17.0 Å². The Balaban J connectivity index is 1.63. The molecule has 0 aliphatic heterocycles. The van der Waals surface area contributed by atoms with E-state index in [9.17, 15) is 8.42 Å². The van der Waals surface area contributed by atoms with Crippen molar-refractivity contribution in [3.63, 3.8) is 0 Å². The molecule has 2 aromatic heterocycles. The zero-order chi connectivity index (χ0) is 20.3. The van der Waals surface area contributed by atoms with Gasteiger partial charge in [0.2, 0.25) is 10.0 Å². The van der Waals surface area contributed by atoms with E-state index in [1.54, 1.807) is 30.6 Å². The van der Waals surface area contributed by atoms with Crippen LogP contribution < -0.4 is 10.0 Å². The maximum atomic E-state index is 12.3. The average Bonchev–Trinajstić information content (AvgIpc) is 2.98. The highest BCUT2D eigenvalue weighted by Crippen LogP contribution is 2.15. The third kappa shape index (κ3) is 4.55. The Hall–Kier alpha value is -2.78. The third-order valence-corrected chi connectivity index (χ3v) is 5.85. The van der Waals surface area contributed by atoms with Gasteiger partial charge in [-0.15, -0.1) is 0 Å². The van der Waals surface area contributed by atoms with Crippen LogP contribution in [0.2, 0.25) is 0 Å². The van der Waals surface area contributed by atoms with Gasteiger partial charge in [-0.2, -0.15) is 0 Å². The van der Waals surface area contributed by atoms with Crippen LogP contribution in [0.1, 0.15) is 22.8 Å². The van der Waals surface area contributed by atoms with Gasteiger partial charge in [-0.1, -0.05) is 17.7 Å². The summed E-state index contributed by atoms with van der Waals surface area (Å²) in [6.07, 6.45) is 1.73. The number of hydrogen-bond acceptors (Lipinski definition) is 6. The van der Waals surface area contributed by atoms with Crippen LogP contribution in [0.25, 0.3) is 5.82 Å². The van der Waals surface area contributed by atoms with Gasteiger partial charge in [-0.05, 0) is 39.8 Å². The first-order valence-electron chi connectivity index (χ1n) is 8.93. The number of hydrogen-bond donors (Lipinski definition) is 2. The first-order valence-corrected chi connectivity index (χ1v) is 10.4. The quantitative estimate of drug-likeness (QED) is 0.590. The Morgan fingerprint density at radius 1 is 1.00 bits per heavy atom. The van der Waals surface area contributed by atoms with Crippen LogP contribution in [-0.4, -0.2) is 41.0 Å². The molecule has 2 N–H and O–H groups in total. The second-order valence-corrected chi connectivity index (χ2v) is 8.35. The largest absolute Gasteiger partial charge is 0.369 e. The predicted octanol–water partition coefficient (Wildman–Crippen LogP) is 2.29. The third-order valence-electron chi connectivity index (χ3n) is 4.38. The zero-order valence-corrected chi connectivity index (χ0v) is 17.2. The fourth-order valence-electron chi connectivity index (χ4n) is 2.67. The summed E-state index contributed by atoms with van der Waals surface area (Å²) < 4.78 is 29.1. The van der Waals surface area contributed by atoms with Gasteiger partial charge < -0.3 is 5.32 Å². The predicted molar refractivity (Wildman–Crippen MR) is 108 cm³/mol. The number of imidazole rings is 1. The van der Waals surface area contributed by atoms with Crippen LogP contribution in [-0.2, 0) is 10.0 Å². The van der Waals surface area contributed by atoms with Gasteiger partial charge >= 0.3 is 0 Å². The summed E-state index contributed by atoms with van der Waals surface area (Å²) >= 11 is 0. The molecule has 0 aliphatic carbocycles. The van der Waals surface area contributed by atoms with Crippen molar-refractivity contribution >= 4 is 15.8 Å². The topological polar surface area (TPSA) is 102 Å². The fourth-order valence-corrected chi connectivity index (χ4v) is 3.70. The molecular formula is C19H24N6O2S. The number of aromatic nitrogens is 4. The molecule has 0 saturated heterocycles. The SMILES string of the molecule is Cc1ccc(S(=O)(=O)NCCNc2cc(-n3cnc(C)c3C)nc(C)n2)cc1. The molecule has 0 atom stereocenters. The van der Waals surface area contributed by atoms with E-state index in [1.165, 1.54) is 0 Å². The highest BCUT2D eigenvalue weighted by molar-refractivity contribution is 7.89. The number of aryl methyl sites for hydroxylation is 3. The first kappa shape index (κ1) is 20.0. The maximum absolute atomic E-state index is 12.3. The molecule has 0 aliphatic rings. The summed E-state index contributed by atoms with van der Waals surface area (Å²) in [4.78, 5) is 13.4. The van der Waals surface area contributed by atoms with Gasteiger partial charge in [0.25, 0.3) is 0 Å². The van der Waals surface area contributed by atoms with E-state index in [0.29, 0.717) is 24.0 Å². The summed E-state index contributed by atoms with van der Waals surface area (Å²) in [5.74, 6) is 1.96. The van der Waals surface area contributed by atoms with Crippen molar-refractivity contribution in [2.45, 2.75) is 32.6 Å². The summed E-state index contributed by atoms with van der Waals surface area (Å²) in [6, 6.07) is 8.56. The number of sulfonamides is 1. The number of benzene rings is 1. The summed E-state index contributed by atoms with van der Waals surface area (Å²) in [5, 5.41) is 3.14. The average molecular weight is 401 g/mol. The number of rotatable bonds is 7. The van der Waals surface area contributed by atoms with Crippen molar-refractivity contribution in [2.75, 3.05) is 18.4 Å². The second kappa shape index (κ2) is 8.07. The molecule has 0 bridgehead atoms. The molecule has 1 aromatic carbocycles. The number of nitrogens with zero attached hydrogens (tertiary/aromatic N) is 4. The summed E-state index contributed by atoms with van der Waals surface area (Å²) in [6.45, 7) is 8.28. The van der Waals surface area contributed by atoms with Crippen molar-refractivity contribution in [1.29, 1.82) is 0 Å². The molecular weight excluding hydrogens is 376 g/mol. The van der Waals surface area contributed by atoms with E-state index < -0.39 is 10.0 Å². The Morgan fingerprint density at radius 3 is 2.36 bits per heavy atom. The van der Waals surface area contributed by atoms with Crippen LogP contribution >= 0.6 is 0 Å². The minimum Gasteiger partial charge on any atom is -0.369 e. The Morgan fingerprint density at radius 2 is 1.71 bits per heavy atom. The molecule has 0 unspecified atom stereocenters. The normalized spacial score (nSPS) is 11.6. The van der Waals surface area contributed by atoms with Gasteiger partial charge in [0.15, 0.2) is 0 Å². The molecule has 0 fully saturated rings. The highest BCUT2D eigenvalue weighted by atomic mass is 32.2. The van der Waals surface area contributed by atoms with Crippen LogP contribution in [0.15, 0.2) is 41.6 Å². The molecule has 3 aromatic rings. The molecule has 0 saturated carbocycles. The van der Waals surface area contributed by atoms with Gasteiger partial charge in [-0.3, -0.25) is 4.57 Å². The number of anilines is 1. The van der Waals surface area contributed by atoms with Gasteiger partial charge in [-0.25, -0.2) is 28.1 Å². The van der Waals surface area contributed by atoms with Crippen LogP contribution in [0, 0.1) is 27.7 Å². The van der Waals surface area contributed by atoms with E-state index >= 15 is 0 Å². The lowest BCUT2D eigenvalue weighted by Gasteiger charge is -2.11. The van der Waals surface area contributed by atoms with Crippen molar-refractivity contribution in [3.8, 4) is 5.82 Å². The zero-order valence-electron chi connectivity index (χ0n) is 16.4. The highest BCUT2D eigenvalue weighted by Gasteiger charge is 2.13. The molecule has 0 radical (unpaired) electrons. The Bertz CT molecular complexity index is 1070. The molecule has 9 heteroatoms. The molecule has 0 spiro atoms. The van der Waals surface area contributed by atoms with Gasteiger partial charge in [0, 0.05) is 24.8 Å². The minimum atomic E-state index is -3.53. The minimum absolute atomic E-state index is 0.234. The summed E-state index contributed by atoms with van der Waals surface area (Å²) in [7, 11) is -3.53. The molecule has 28 heavy (non-hydrogen) atoms. The first-order chi connectivity index (χ1) is 13.3. The molecule has 2 heterocycles. The lowest BCUT2D eigenvalue weighted by Crippen LogP contribution is -2.29. The van der Waals surface area contributed by atoms with E-state index in [2.05, 4.69) is 25.0 Å². The van der Waals surface area contributed by atoms with Crippen molar-refractivity contribution in [2.24, 2.45) is 0 Å². The van der Waals surface area contributed by atoms with Crippen LogP contribution in [0.4, 0.5) is 5.82 Å². The van der Waals surface area contributed by atoms with E-state index in [1.807, 2.05) is 38.3 Å².